The molecule has 3 atom stereocenters. The molecule has 3 unspecified atom stereocenters. The van der Waals surface area contributed by atoms with Crippen LogP contribution < -0.4 is 5.73 Å². The summed E-state index contributed by atoms with van der Waals surface area (Å²) < 4.78 is 4.63. The second kappa shape index (κ2) is 5.59. The van der Waals surface area contributed by atoms with E-state index in [4.69, 9.17) is 10.8 Å². The molecule has 5 nitrogen and oxygen atoms in total. The van der Waals surface area contributed by atoms with E-state index in [2.05, 4.69) is 4.74 Å². The van der Waals surface area contributed by atoms with Crippen molar-refractivity contribution in [1.29, 1.82) is 0 Å². The monoisotopic (exact) mass is 203 g/mol. The lowest BCUT2D eigenvalue weighted by molar-refractivity contribution is -0.164. The molecule has 14 heavy (non-hydrogen) atoms. The average Bonchev–Trinajstić information content (AvgIpc) is 2.14. The van der Waals surface area contributed by atoms with Gasteiger partial charge in [0, 0.05) is 0 Å². The van der Waals surface area contributed by atoms with Gasteiger partial charge in [-0.2, -0.15) is 0 Å². The van der Waals surface area contributed by atoms with Crippen LogP contribution in [0.2, 0.25) is 0 Å². The minimum absolute atomic E-state index is 0.0107. The van der Waals surface area contributed by atoms with Crippen molar-refractivity contribution in [3.63, 3.8) is 0 Å². The summed E-state index contributed by atoms with van der Waals surface area (Å²) in [5.41, 5.74) is 5.55. The second-order valence-corrected chi connectivity index (χ2v) is 3.33. The summed E-state index contributed by atoms with van der Waals surface area (Å²) in [6.45, 7) is 5.01. The van der Waals surface area contributed by atoms with Crippen molar-refractivity contribution in [3.05, 3.63) is 0 Å². The Morgan fingerprint density at radius 2 is 1.93 bits per heavy atom. The fraction of sp³-hybridized carbons (Fsp3) is 0.778. The largest absolute Gasteiger partial charge is 0.479 e. The zero-order valence-electron chi connectivity index (χ0n) is 8.69. The highest BCUT2D eigenvalue weighted by molar-refractivity contribution is 5.80. The van der Waals surface area contributed by atoms with Crippen molar-refractivity contribution < 1.29 is 19.4 Å². The molecule has 0 spiro atoms. The second-order valence-electron chi connectivity index (χ2n) is 3.33. The molecule has 5 heteroatoms. The van der Waals surface area contributed by atoms with E-state index in [-0.39, 0.29) is 5.92 Å². The van der Waals surface area contributed by atoms with Crippen LogP contribution >= 0.6 is 0 Å². The third-order valence-corrected chi connectivity index (χ3v) is 2.17. The van der Waals surface area contributed by atoms with Gasteiger partial charge in [-0.15, -0.1) is 0 Å². The molecular weight excluding hydrogens is 186 g/mol. The number of ether oxygens (including phenoxy) is 1. The highest BCUT2D eigenvalue weighted by Gasteiger charge is 2.24. The summed E-state index contributed by atoms with van der Waals surface area (Å²) in [5, 5.41) is 8.49. The van der Waals surface area contributed by atoms with E-state index in [9.17, 15) is 9.59 Å². The van der Waals surface area contributed by atoms with E-state index in [1.807, 2.05) is 13.8 Å². The van der Waals surface area contributed by atoms with Crippen molar-refractivity contribution in [2.24, 2.45) is 11.7 Å². The van der Waals surface area contributed by atoms with Gasteiger partial charge in [0.1, 0.15) is 6.04 Å². The summed E-state index contributed by atoms with van der Waals surface area (Å²) in [5.74, 6) is -1.84. The Kier molecular flexibility index (Phi) is 5.15. The highest BCUT2D eigenvalue weighted by atomic mass is 16.6. The first-order valence-corrected chi connectivity index (χ1v) is 4.59. The molecule has 0 aromatic rings. The Balaban J connectivity index is 4.14. The van der Waals surface area contributed by atoms with E-state index in [1.54, 1.807) is 0 Å². The summed E-state index contributed by atoms with van der Waals surface area (Å²) in [6.07, 6.45) is -0.393. The summed E-state index contributed by atoms with van der Waals surface area (Å²) >= 11 is 0. The molecule has 0 heterocycles. The van der Waals surface area contributed by atoms with Crippen molar-refractivity contribution in [2.75, 3.05) is 0 Å². The molecule has 0 saturated heterocycles. The maximum Gasteiger partial charge on any atom is 0.344 e. The Labute approximate surface area is 83.2 Å². The zero-order chi connectivity index (χ0) is 11.3. The van der Waals surface area contributed by atoms with Crippen molar-refractivity contribution in [2.45, 2.75) is 39.3 Å². The van der Waals surface area contributed by atoms with Crippen LogP contribution in [-0.4, -0.2) is 29.2 Å². The van der Waals surface area contributed by atoms with Gasteiger partial charge in [0.05, 0.1) is 0 Å². The van der Waals surface area contributed by atoms with E-state index >= 15 is 0 Å². The zero-order valence-corrected chi connectivity index (χ0v) is 8.69. The van der Waals surface area contributed by atoms with E-state index < -0.39 is 24.1 Å². The third-order valence-electron chi connectivity index (χ3n) is 2.17. The fourth-order valence-electron chi connectivity index (χ4n) is 0.789. The number of carboxylic acid groups (broad SMARTS) is 1. The minimum atomic E-state index is -1.17. The molecule has 0 aliphatic rings. The van der Waals surface area contributed by atoms with E-state index in [0.29, 0.717) is 0 Å². The third kappa shape index (κ3) is 3.74. The molecular formula is C9H17NO4. The Hall–Kier alpha value is -1.10. The average molecular weight is 203 g/mol. The quantitative estimate of drug-likeness (QED) is 0.630. The van der Waals surface area contributed by atoms with Gasteiger partial charge < -0.3 is 15.6 Å². The molecule has 0 radical (unpaired) electrons. The number of carbonyl (C=O) groups excluding carboxylic acids is 1. The van der Waals surface area contributed by atoms with Crippen LogP contribution in [0.4, 0.5) is 0 Å². The molecule has 0 aromatic heterocycles. The number of nitrogens with two attached hydrogens (primary N) is 1. The van der Waals surface area contributed by atoms with Crippen LogP contribution in [0.3, 0.4) is 0 Å². The van der Waals surface area contributed by atoms with Gasteiger partial charge in [0.15, 0.2) is 6.10 Å². The van der Waals surface area contributed by atoms with Gasteiger partial charge in [0.2, 0.25) is 0 Å². The number of aliphatic carboxylic acids is 1. The van der Waals surface area contributed by atoms with Gasteiger partial charge in [-0.25, -0.2) is 4.79 Å². The van der Waals surface area contributed by atoms with Gasteiger partial charge >= 0.3 is 11.9 Å². The SMILES string of the molecule is CCC(C)C(N)C(=O)OC(C)C(=O)O. The predicted octanol–water partition coefficient (Wildman–Crippen LogP) is 0.376. The van der Waals surface area contributed by atoms with Crippen LogP contribution in [0.25, 0.3) is 0 Å². The first kappa shape index (κ1) is 12.9. The molecule has 0 bridgehead atoms. The number of carboxylic acids is 1. The van der Waals surface area contributed by atoms with E-state index in [1.165, 1.54) is 6.92 Å². The van der Waals surface area contributed by atoms with E-state index in [0.717, 1.165) is 6.42 Å². The fourth-order valence-corrected chi connectivity index (χ4v) is 0.789. The van der Waals surface area contributed by atoms with Crippen molar-refractivity contribution >= 4 is 11.9 Å². The van der Waals surface area contributed by atoms with Crippen LogP contribution in [0.1, 0.15) is 27.2 Å². The van der Waals surface area contributed by atoms with Gasteiger partial charge in [-0.1, -0.05) is 20.3 Å². The van der Waals surface area contributed by atoms with Crippen molar-refractivity contribution in [1.82, 2.24) is 0 Å². The lowest BCUT2D eigenvalue weighted by atomic mass is 10.0. The lowest BCUT2D eigenvalue weighted by Gasteiger charge is -2.18. The standard InChI is InChI=1S/C9H17NO4/c1-4-5(2)7(10)9(13)14-6(3)8(11)12/h5-7H,4,10H2,1-3H3,(H,11,12). The number of hydrogen-bond acceptors (Lipinski definition) is 4. The molecule has 3 N–H and O–H groups in total. The number of rotatable bonds is 5. The topological polar surface area (TPSA) is 89.6 Å². The molecule has 0 aliphatic carbocycles. The normalized spacial score (nSPS) is 16.9. The molecule has 0 rings (SSSR count). The summed E-state index contributed by atoms with van der Waals surface area (Å²) in [7, 11) is 0. The Bertz CT molecular complexity index is 217. The molecule has 0 fully saturated rings. The number of esters is 1. The first-order chi connectivity index (χ1) is 6.40. The van der Waals surface area contributed by atoms with Gasteiger partial charge in [-0.3, -0.25) is 4.79 Å². The number of carbonyl (C=O) groups is 2. The Morgan fingerprint density at radius 1 is 1.43 bits per heavy atom. The van der Waals surface area contributed by atoms with Crippen LogP contribution in [0.5, 0.6) is 0 Å². The molecule has 82 valence electrons. The van der Waals surface area contributed by atoms with Crippen molar-refractivity contribution in [3.8, 4) is 0 Å². The first-order valence-electron chi connectivity index (χ1n) is 4.59. The number of hydrogen-bond donors (Lipinski definition) is 2. The lowest BCUT2D eigenvalue weighted by Crippen LogP contribution is -2.40. The molecule has 0 aliphatic heterocycles. The van der Waals surface area contributed by atoms with Crippen LogP contribution in [0, 0.1) is 5.92 Å². The predicted molar refractivity (Wildman–Crippen MR) is 50.6 cm³/mol. The Morgan fingerprint density at radius 3 is 2.29 bits per heavy atom. The summed E-state index contributed by atoms with van der Waals surface area (Å²) in [4.78, 5) is 21.6. The smallest absolute Gasteiger partial charge is 0.344 e. The van der Waals surface area contributed by atoms with Gasteiger partial charge in [0.25, 0.3) is 0 Å². The van der Waals surface area contributed by atoms with Gasteiger partial charge in [-0.05, 0) is 12.8 Å². The molecule has 0 amide bonds. The van der Waals surface area contributed by atoms with Crippen LogP contribution in [0.15, 0.2) is 0 Å². The van der Waals surface area contributed by atoms with Crippen LogP contribution in [-0.2, 0) is 14.3 Å². The maximum absolute atomic E-state index is 11.2. The molecule has 0 saturated carbocycles. The minimum Gasteiger partial charge on any atom is -0.479 e. The maximum atomic E-state index is 11.2. The molecule has 0 aromatic carbocycles. The summed E-state index contributed by atoms with van der Waals surface area (Å²) in [6, 6.07) is -0.748. The highest BCUT2D eigenvalue weighted by Crippen LogP contribution is 2.07.